The smallest absolute Gasteiger partial charge is 0.319 e. The van der Waals surface area contributed by atoms with Crippen molar-refractivity contribution in [3.8, 4) is 0 Å². The molecule has 0 saturated carbocycles. The zero-order valence-corrected chi connectivity index (χ0v) is 11.4. The summed E-state index contributed by atoms with van der Waals surface area (Å²) in [5.74, 6) is 0. The average molecular weight is 265 g/mol. The van der Waals surface area contributed by atoms with Crippen LogP contribution in [-0.2, 0) is 0 Å². The zero-order valence-electron chi connectivity index (χ0n) is 10.7. The van der Waals surface area contributed by atoms with Crippen LogP contribution in [0, 0.1) is 13.8 Å². The standard InChI is InChI=1S/C14H17ClN2O/c1-10-5-3-6-11(2)13(10)16-14(18)17-8-4-7-12(15)9-17/h3,5-7H,4,8-9H2,1-2H3,(H,16,18). The fraction of sp³-hybridized carbons (Fsp3) is 0.357. The zero-order chi connectivity index (χ0) is 13.1. The largest absolute Gasteiger partial charge is 0.322 e. The first kappa shape index (κ1) is 13.0. The first-order valence-corrected chi connectivity index (χ1v) is 6.42. The predicted octanol–water partition coefficient (Wildman–Crippen LogP) is 3.66. The maximum absolute atomic E-state index is 12.1. The summed E-state index contributed by atoms with van der Waals surface area (Å²) in [6.45, 7) is 5.20. The van der Waals surface area contributed by atoms with Crippen molar-refractivity contribution in [2.24, 2.45) is 0 Å². The number of urea groups is 1. The van der Waals surface area contributed by atoms with Crippen molar-refractivity contribution in [1.29, 1.82) is 0 Å². The molecule has 0 aromatic heterocycles. The van der Waals surface area contributed by atoms with Crippen molar-refractivity contribution < 1.29 is 4.79 Å². The van der Waals surface area contributed by atoms with Crippen LogP contribution in [0.25, 0.3) is 0 Å². The number of carbonyl (C=O) groups is 1. The van der Waals surface area contributed by atoms with E-state index in [2.05, 4.69) is 5.32 Å². The van der Waals surface area contributed by atoms with Gasteiger partial charge in [-0.3, -0.25) is 0 Å². The lowest BCUT2D eigenvalue weighted by molar-refractivity contribution is 0.216. The number of para-hydroxylation sites is 1. The van der Waals surface area contributed by atoms with Gasteiger partial charge in [0.15, 0.2) is 0 Å². The first-order valence-electron chi connectivity index (χ1n) is 6.04. The number of aryl methyl sites for hydroxylation is 2. The fourth-order valence-corrected chi connectivity index (χ4v) is 2.33. The van der Waals surface area contributed by atoms with E-state index < -0.39 is 0 Å². The van der Waals surface area contributed by atoms with E-state index in [0.29, 0.717) is 13.1 Å². The molecule has 18 heavy (non-hydrogen) atoms. The quantitative estimate of drug-likeness (QED) is 0.825. The molecule has 96 valence electrons. The molecular formula is C14H17ClN2O. The van der Waals surface area contributed by atoms with Crippen molar-refractivity contribution in [2.75, 3.05) is 18.4 Å². The van der Waals surface area contributed by atoms with Crippen LogP contribution >= 0.6 is 11.6 Å². The minimum absolute atomic E-state index is 0.0846. The summed E-state index contributed by atoms with van der Waals surface area (Å²) in [5, 5.41) is 3.70. The van der Waals surface area contributed by atoms with Crippen molar-refractivity contribution in [2.45, 2.75) is 20.3 Å². The number of nitrogens with one attached hydrogen (secondary N) is 1. The van der Waals surface area contributed by atoms with Crippen molar-refractivity contribution >= 4 is 23.3 Å². The number of nitrogens with zero attached hydrogens (tertiary/aromatic N) is 1. The van der Waals surface area contributed by atoms with Crippen molar-refractivity contribution in [3.05, 3.63) is 40.4 Å². The maximum atomic E-state index is 12.1. The molecule has 0 spiro atoms. The molecule has 0 aliphatic carbocycles. The number of halogens is 1. The molecule has 2 amide bonds. The number of hydrogen-bond donors (Lipinski definition) is 1. The summed E-state index contributed by atoms with van der Waals surface area (Å²) in [7, 11) is 0. The summed E-state index contributed by atoms with van der Waals surface area (Å²) < 4.78 is 0. The van der Waals surface area contributed by atoms with Gasteiger partial charge >= 0.3 is 6.03 Å². The average Bonchev–Trinajstić information content (AvgIpc) is 2.34. The lowest BCUT2D eigenvalue weighted by atomic mass is 10.1. The Morgan fingerprint density at radius 3 is 2.61 bits per heavy atom. The number of hydrogen-bond acceptors (Lipinski definition) is 1. The summed E-state index contributed by atoms with van der Waals surface area (Å²) in [6.07, 6.45) is 2.78. The maximum Gasteiger partial charge on any atom is 0.322 e. The predicted molar refractivity (Wildman–Crippen MR) is 75.1 cm³/mol. The van der Waals surface area contributed by atoms with Crippen molar-refractivity contribution in [3.63, 3.8) is 0 Å². The number of benzene rings is 1. The second-order valence-corrected chi connectivity index (χ2v) is 5.04. The third kappa shape index (κ3) is 2.85. The van der Waals surface area contributed by atoms with Gasteiger partial charge in [0, 0.05) is 17.3 Å². The normalized spacial score (nSPS) is 15.3. The molecule has 1 aliphatic rings. The second kappa shape index (κ2) is 5.44. The SMILES string of the molecule is Cc1cccc(C)c1NC(=O)N1CCC=C(Cl)C1. The summed E-state index contributed by atoms with van der Waals surface area (Å²) >= 11 is 5.96. The van der Waals surface area contributed by atoms with Crippen LogP contribution in [0.2, 0.25) is 0 Å². The van der Waals surface area contributed by atoms with E-state index in [4.69, 9.17) is 11.6 Å². The van der Waals surface area contributed by atoms with Crippen LogP contribution in [0.4, 0.5) is 10.5 Å². The van der Waals surface area contributed by atoms with Gasteiger partial charge in [-0.05, 0) is 31.4 Å². The molecule has 0 radical (unpaired) electrons. The third-order valence-electron chi connectivity index (χ3n) is 3.11. The molecule has 1 aromatic carbocycles. The Morgan fingerprint density at radius 2 is 2.00 bits per heavy atom. The van der Waals surface area contributed by atoms with Crippen molar-refractivity contribution in [1.82, 2.24) is 4.90 Å². The lowest BCUT2D eigenvalue weighted by Gasteiger charge is -2.26. The Labute approximate surface area is 112 Å². The highest BCUT2D eigenvalue weighted by Crippen LogP contribution is 2.21. The topological polar surface area (TPSA) is 32.3 Å². The number of anilines is 1. The second-order valence-electron chi connectivity index (χ2n) is 4.56. The van der Waals surface area contributed by atoms with Gasteiger partial charge in [0.2, 0.25) is 0 Å². The number of carbonyl (C=O) groups excluding carboxylic acids is 1. The molecule has 1 aromatic rings. The number of amides is 2. The van der Waals surface area contributed by atoms with Crippen LogP contribution in [0.3, 0.4) is 0 Å². The monoisotopic (exact) mass is 264 g/mol. The Kier molecular flexibility index (Phi) is 3.92. The van der Waals surface area contributed by atoms with Gasteiger partial charge in [-0.1, -0.05) is 35.9 Å². The highest BCUT2D eigenvalue weighted by Gasteiger charge is 2.18. The Morgan fingerprint density at radius 1 is 1.33 bits per heavy atom. The molecule has 0 atom stereocenters. The fourth-order valence-electron chi connectivity index (χ4n) is 2.07. The summed E-state index contributed by atoms with van der Waals surface area (Å²) in [5.41, 5.74) is 3.04. The van der Waals surface area contributed by atoms with Crippen LogP contribution < -0.4 is 5.32 Å². The van der Waals surface area contributed by atoms with E-state index in [0.717, 1.165) is 28.3 Å². The van der Waals surface area contributed by atoms with E-state index in [1.807, 2.05) is 38.1 Å². The van der Waals surface area contributed by atoms with E-state index in [-0.39, 0.29) is 6.03 Å². The molecule has 0 bridgehead atoms. The molecule has 0 saturated heterocycles. The minimum Gasteiger partial charge on any atom is -0.319 e. The molecule has 4 heteroatoms. The van der Waals surface area contributed by atoms with E-state index in [1.165, 1.54) is 0 Å². The first-order chi connectivity index (χ1) is 8.58. The van der Waals surface area contributed by atoms with Crippen LogP contribution in [-0.4, -0.2) is 24.0 Å². The highest BCUT2D eigenvalue weighted by molar-refractivity contribution is 6.30. The lowest BCUT2D eigenvalue weighted by Crippen LogP contribution is -2.38. The van der Waals surface area contributed by atoms with Gasteiger partial charge < -0.3 is 10.2 Å². The van der Waals surface area contributed by atoms with Gasteiger partial charge in [-0.15, -0.1) is 0 Å². The van der Waals surface area contributed by atoms with Gasteiger partial charge in [0.05, 0.1) is 6.54 Å². The molecule has 2 rings (SSSR count). The van der Waals surface area contributed by atoms with Crippen LogP contribution in [0.15, 0.2) is 29.3 Å². The van der Waals surface area contributed by atoms with Crippen LogP contribution in [0.5, 0.6) is 0 Å². The molecule has 1 aliphatic heterocycles. The molecular weight excluding hydrogens is 248 g/mol. The van der Waals surface area contributed by atoms with E-state index >= 15 is 0 Å². The Hall–Kier alpha value is -1.48. The molecule has 3 nitrogen and oxygen atoms in total. The van der Waals surface area contributed by atoms with Gasteiger partial charge in [-0.2, -0.15) is 0 Å². The Bertz CT molecular complexity index is 476. The molecule has 0 unspecified atom stereocenters. The minimum atomic E-state index is -0.0846. The molecule has 1 heterocycles. The number of rotatable bonds is 1. The van der Waals surface area contributed by atoms with Gasteiger partial charge in [-0.25, -0.2) is 4.79 Å². The summed E-state index contributed by atoms with van der Waals surface area (Å²) in [6, 6.07) is 5.89. The van der Waals surface area contributed by atoms with Gasteiger partial charge in [0.25, 0.3) is 0 Å². The molecule has 1 N–H and O–H groups in total. The highest BCUT2D eigenvalue weighted by atomic mass is 35.5. The van der Waals surface area contributed by atoms with Gasteiger partial charge in [0.1, 0.15) is 0 Å². The Balaban J connectivity index is 2.10. The van der Waals surface area contributed by atoms with E-state index in [9.17, 15) is 4.79 Å². The van der Waals surface area contributed by atoms with E-state index in [1.54, 1.807) is 4.90 Å². The van der Waals surface area contributed by atoms with Crippen LogP contribution in [0.1, 0.15) is 17.5 Å². The summed E-state index contributed by atoms with van der Waals surface area (Å²) in [4.78, 5) is 13.9. The molecule has 0 fully saturated rings. The third-order valence-corrected chi connectivity index (χ3v) is 3.38.